The van der Waals surface area contributed by atoms with E-state index in [2.05, 4.69) is 0 Å². The van der Waals surface area contributed by atoms with Crippen molar-refractivity contribution in [3.8, 4) is 0 Å². The molecule has 1 heterocycles. The largest absolute Gasteiger partial charge is 1.00 e. The molecule has 24 heteroatoms. The van der Waals surface area contributed by atoms with Crippen LogP contribution in [0.5, 0.6) is 0 Å². The van der Waals surface area contributed by atoms with Crippen molar-refractivity contribution in [3.05, 3.63) is 70.8 Å². The van der Waals surface area contributed by atoms with Gasteiger partial charge in [-0.25, -0.2) is 33.7 Å². The molecule has 0 amide bonds. The van der Waals surface area contributed by atoms with E-state index in [-0.39, 0.29) is 157 Å². The van der Waals surface area contributed by atoms with Crippen LogP contribution in [0.1, 0.15) is 105 Å². The van der Waals surface area contributed by atoms with E-state index in [1.54, 1.807) is 83.1 Å². The fourth-order valence-corrected chi connectivity index (χ4v) is 16.3. The Morgan fingerprint density at radius 1 is 0.297 bits per heavy atom. The SMILES string of the molecule is CC(C)(C)c1cc2c(S(=O)(=O)[O-])c(c1)Sc1cc(C(C)(C)C)cc(c1S(=O)(=O)[O-])Sc1cc(C(C)(C)C)cc(c1S(=O)(=O)[O-])Sc1cc(C(C)(C)C)cc(c1S(=O)(=O)[O-])S2.[Na+].[Na+].[Na+].[Na+]. The molecule has 0 N–H and O–H groups in total. The minimum atomic E-state index is -5.50. The second-order valence-electron chi connectivity index (χ2n) is 18.4. The molecule has 64 heavy (non-hydrogen) atoms. The minimum absolute atomic E-state index is 0. The molecular weight excluding hydrogens is 1020 g/mol. The van der Waals surface area contributed by atoms with Crippen molar-refractivity contribution in [1.82, 2.24) is 0 Å². The van der Waals surface area contributed by atoms with Gasteiger partial charge in [-0.1, -0.05) is 130 Å². The molecule has 0 aliphatic carbocycles. The van der Waals surface area contributed by atoms with Crippen LogP contribution in [0, 0.1) is 0 Å². The summed E-state index contributed by atoms with van der Waals surface area (Å²) in [6.07, 6.45) is 0. The minimum Gasteiger partial charge on any atom is -0.744 e. The van der Waals surface area contributed by atoms with Gasteiger partial charge >= 0.3 is 118 Å². The summed E-state index contributed by atoms with van der Waals surface area (Å²) in [5.41, 5.74) is -1.37. The van der Waals surface area contributed by atoms with Gasteiger partial charge in [0.05, 0.1) is 19.6 Å². The first-order valence-corrected chi connectivity index (χ1v) is 27.0. The number of fused-ring (bicyclic) bond motifs is 8. The first-order chi connectivity index (χ1) is 26.8. The van der Waals surface area contributed by atoms with Crippen LogP contribution in [-0.2, 0) is 62.1 Å². The molecule has 4 aromatic carbocycles. The summed E-state index contributed by atoms with van der Waals surface area (Å²) >= 11 is 2.02. The summed E-state index contributed by atoms with van der Waals surface area (Å²) < 4.78 is 161. The van der Waals surface area contributed by atoms with Crippen molar-refractivity contribution < 1.29 is 170 Å². The third kappa shape index (κ3) is 15.0. The van der Waals surface area contributed by atoms with Gasteiger partial charge < -0.3 is 18.2 Å². The Hall–Kier alpha value is 1.92. The van der Waals surface area contributed by atoms with Crippen LogP contribution >= 0.6 is 47.0 Å². The maximum Gasteiger partial charge on any atom is 1.00 e. The third-order valence-corrected chi connectivity index (χ3v) is 18.6. The van der Waals surface area contributed by atoms with Crippen molar-refractivity contribution in [3.63, 3.8) is 0 Å². The van der Waals surface area contributed by atoms with E-state index in [0.29, 0.717) is 69.3 Å². The molecule has 0 aromatic heterocycles. The first kappa shape index (κ1) is 63.9. The normalized spacial score (nSPS) is 14.0. The van der Waals surface area contributed by atoms with Crippen molar-refractivity contribution >= 4 is 87.5 Å². The maximum atomic E-state index is 13.5. The molecule has 5 rings (SSSR count). The Morgan fingerprint density at radius 2 is 0.406 bits per heavy atom. The fourth-order valence-electron chi connectivity index (χ4n) is 6.10. The van der Waals surface area contributed by atoms with E-state index in [4.69, 9.17) is 0 Å². The summed E-state index contributed by atoms with van der Waals surface area (Å²) in [7, 11) is -22.0. The molecule has 1 aliphatic rings. The smallest absolute Gasteiger partial charge is 0.744 e. The average molecular weight is 1070 g/mol. The fraction of sp³-hybridized carbons (Fsp3) is 0.400. The van der Waals surface area contributed by atoms with Crippen LogP contribution < -0.4 is 118 Å². The van der Waals surface area contributed by atoms with Gasteiger partial charge in [0.25, 0.3) is 0 Å². The van der Waals surface area contributed by atoms with Gasteiger partial charge in [-0.3, -0.25) is 0 Å². The Balaban J connectivity index is 0.00000512. The van der Waals surface area contributed by atoms with E-state index >= 15 is 0 Å². The van der Waals surface area contributed by atoms with Crippen LogP contribution in [0.25, 0.3) is 0 Å². The Morgan fingerprint density at radius 3 is 0.484 bits per heavy atom. The Bertz CT molecular complexity index is 2420. The second kappa shape index (κ2) is 22.0. The van der Waals surface area contributed by atoms with Gasteiger partial charge in [-0.2, -0.15) is 0 Å². The third-order valence-electron chi connectivity index (χ3n) is 9.43. The molecule has 0 saturated carbocycles. The van der Waals surface area contributed by atoms with Gasteiger partial charge in [-0.15, -0.1) is 0 Å². The molecule has 0 unspecified atom stereocenters. The van der Waals surface area contributed by atoms with Gasteiger partial charge in [0, 0.05) is 39.2 Å². The number of rotatable bonds is 4. The van der Waals surface area contributed by atoms with E-state index < -0.39 is 81.7 Å². The van der Waals surface area contributed by atoms with E-state index in [9.17, 15) is 51.9 Å². The monoisotopic (exact) mass is 1060 g/mol. The van der Waals surface area contributed by atoms with Crippen LogP contribution in [0.15, 0.2) is 107 Å². The quantitative estimate of drug-likeness (QED) is 0.133. The molecule has 4 aromatic rings. The summed E-state index contributed by atoms with van der Waals surface area (Å²) in [5.74, 6) is 0. The van der Waals surface area contributed by atoms with E-state index in [0.717, 1.165) is 0 Å². The van der Waals surface area contributed by atoms with Crippen molar-refractivity contribution in [1.29, 1.82) is 0 Å². The predicted molar refractivity (Wildman–Crippen MR) is 229 cm³/mol. The number of benzene rings is 4. The van der Waals surface area contributed by atoms with Crippen molar-refractivity contribution in [2.75, 3.05) is 0 Å². The van der Waals surface area contributed by atoms with Crippen LogP contribution in [0.3, 0.4) is 0 Å². The predicted octanol–water partition coefficient (Wildman–Crippen LogP) is -2.57. The molecule has 1 aliphatic heterocycles. The van der Waals surface area contributed by atoms with Crippen LogP contribution in [-0.4, -0.2) is 51.9 Å². The summed E-state index contributed by atoms with van der Waals surface area (Å²) in [5, 5.41) is 0. The standard InChI is InChI=1S/C40H48O12S8.4Na/c1-37(2,3)21-13-25-33(57(41,42)43)26(14-21)54-28-16-23(39(7,8)9)18-30(35(28)59(47,48)49)56-32-20-24(40(10,11)12)19-31(36(32)60(50,51)52)55-29-17-22(38(4,5)6)15-27(53-25)34(29)58(44,45)46;;;;/h13-20H,1-12H3,(H,41,42,43)(H,44,45,46)(H,47,48,49)(H,50,51,52);;;;/q;4*+1/p-4. The number of hydrogen-bond donors (Lipinski definition) is 0. The topological polar surface area (TPSA) is 229 Å². The zero-order valence-corrected chi connectivity index (χ0v) is 53.3. The second-order valence-corrected chi connectivity index (χ2v) is 28.0. The maximum absolute atomic E-state index is 13.5. The van der Waals surface area contributed by atoms with E-state index in [1.165, 1.54) is 48.5 Å². The van der Waals surface area contributed by atoms with Gasteiger partial charge in [0.15, 0.2) is 0 Å². The summed E-state index contributed by atoms with van der Waals surface area (Å²) in [6.45, 7) is 21.4. The molecule has 0 atom stereocenters. The Kier molecular flexibility index (Phi) is 21.9. The molecule has 0 radical (unpaired) electrons. The van der Waals surface area contributed by atoms with E-state index in [1.807, 2.05) is 0 Å². The Labute approximate surface area is 484 Å². The summed E-state index contributed by atoms with van der Waals surface area (Å²) in [4.78, 5) is -5.81. The van der Waals surface area contributed by atoms with Gasteiger partial charge in [0.1, 0.15) is 40.5 Å². The molecule has 0 spiro atoms. The molecule has 0 saturated heterocycles. The molecule has 328 valence electrons. The first-order valence-electron chi connectivity index (χ1n) is 18.1. The summed E-state index contributed by atoms with van der Waals surface area (Å²) in [6, 6.07) is 11.0. The average Bonchev–Trinajstić information content (AvgIpc) is 2.99. The zero-order chi connectivity index (χ0) is 45.7. The molecule has 0 fully saturated rings. The van der Waals surface area contributed by atoms with Crippen LogP contribution in [0.4, 0.5) is 0 Å². The van der Waals surface area contributed by atoms with Gasteiger partial charge in [0.2, 0.25) is 0 Å². The zero-order valence-electron chi connectivity index (χ0n) is 38.8. The molecule has 8 bridgehead atoms. The van der Waals surface area contributed by atoms with Crippen molar-refractivity contribution in [2.24, 2.45) is 0 Å². The number of hydrogen-bond acceptors (Lipinski definition) is 16. The molecule has 12 nitrogen and oxygen atoms in total. The van der Waals surface area contributed by atoms with Gasteiger partial charge in [-0.05, 0) is 92.4 Å². The molecular formula is C40H44Na4O12S8. The van der Waals surface area contributed by atoms with Crippen LogP contribution in [0.2, 0.25) is 0 Å². The van der Waals surface area contributed by atoms with Crippen molar-refractivity contribution in [2.45, 2.75) is 163 Å².